The van der Waals surface area contributed by atoms with Crippen molar-refractivity contribution in [3.63, 3.8) is 0 Å². The fraction of sp³-hybridized carbons (Fsp3) is 0.294. The van der Waals surface area contributed by atoms with Gasteiger partial charge in [0.1, 0.15) is 5.82 Å². The maximum atomic E-state index is 6.17. The zero-order valence-electron chi connectivity index (χ0n) is 14.3. The molecule has 8 nitrogen and oxygen atoms in total. The SMILES string of the molecule is CN(c1ccnc(Nc2cnn(-c3ncccc3Cl)c2)n1)C1CCNC1. The van der Waals surface area contributed by atoms with Gasteiger partial charge in [-0.25, -0.2) is 14.6 Å². The minimum absolute atomic E-state index is 0.451. The predicted molar refractivity (Wildman–Crippen MR) is 101 cm³/mol. The van der Waals surface area contributed by atoms with Crippen LogP contribution in [0.2, 0.25) is 5.02 Å². The molecule has 3 aromatic rings. The summed E-state index contributed by atoms with van der Waals surface area (Å²) in [5.74, 6) is 1.98. The Morgan fingerprint density at radius 3 is 3.04 bits per heavy atom. The molecule has 1 fully saturated rings. The van der Waals surface area contributed by atoms with Crippen LogP contribution in [0.15, 0.2) is 43.0 Å². The molecule has 3 aromatic heterocycles. The molecule has 26 heavy (non-hydrogen) atoms. The van der Waals surface area contributed by atoms with Gasteiger partial charge in [0, 0.05) is 32.0 Å². The molecule has 0 bridgehead atoms. The molecule has 1 aliphatic rings. The number of nitrogens with one attached hydrogen (secondary N) is 2. The second-order valence-electron chi connectivity index (χ2n) is 6.10. The number of hydrogen-bond acceptors (Lipinski definition) is 7. The largest absolute Gasteiger partial charge is 0.355 e. The van der Waals surface area contributed by atoms with Crippen molar-refractivity contribution in [2.24, 2.45) is 0 Å². The molecule has 0 saturated carbocycles. The van der Waals surface area contributed by atoms with E-state index in [1.165, 1.54) is 0 Å². The highest BCUT2D eigenvalue weighted by Crippen LogP contribution is 2.21. The molecule has 1 atom stereocenters. The van der Waals surface area contributed by atoms with Crippen molar-refractivity contribution < 1.29 is 0 Å². The van der Waals surface area contributed by atoms with Gasteiger partial charge in [0.2, 0.25) is 5.95 Å². The molecular formula is C17H19ClN8. The van der Waals surface area contributed by atoms with Crippen molar-refractivity contribution in [3.8, 4) is 5.82 Å². The Bertz CT molecular complexity index is 890. The van der Waals surface area contributed by atoms with Crippen molar-refractivity contribution in [2.75, 3.05) is 30.4 Å². The predicted octanol–water partition coefficient (Wildman–Crippen LogP) is 2.25. The highest BCUT2D eigenvalue weighted by molar-refractivity contribution is 6.32. The molecule has 1 unspecified atom stereocenters. The van der Waals surface area contributed by atoms with Crippen LogP contribution in [-0.2, 0) is 0 Å². The van der Waals surface area contributed by atoms with Crippen LogP contribution in [0, 0.1) is 0 Å². The first-order valence-electron chi connectivity index (χ1n) is 8.40. The van der Waals surface area contributed by atoms with E-state index in [0.29, 0.717) is 22.8 Å². The van der Waals surface area contributed by atoms with Crippen molar-refractivity contribution in [1.82, 2.24) is 30.0 Å². The number of anilines is 3. The molecule has 9 heteroatoms. The van der Waals surface area contributed by atoms with E-state index in [2.05, 4.69) is 42.6 Å². The number of pyridine rings is 1. The average Bonchev–Trinajstić information content (AvgIpc) is 3.34. The number of halogens is 1. The van der Waals surface area contributed by atoms with Crippen LogP contribution in [0.5, 0.6) is 0 Å². The van der Waals surface area contributed by atoms with Gasteiger partial charge >= 0.3 is 0 Å². The molecule has 1 aliphatic heterocycles. The third-order valence-electron chi connectivity index (χ3n) is 4.38. The Balaban J connectivity index is 1.51. The number of nitrogens with zero attached hydrogens (tertiary/aromatic N) is 6. The van der Waals surface area contributed by atoms with Crippen LogP contribution >= 0.6 is 11.6 Å². The lowest BCUT2D eigenvalue weighted by atomic mass is 10.2. The molecule has 0 aromatic carbocycles. The summed E-state index contributed by atoms with van der Waals surface area (Å²) in [5, 5.41) is 11.4. The Hall–Kier alpha value is -2.71. The Kier molecular flexibility index (Phi) is 4.68. The van der Waals surface area contributed by atoms with Gasteiger partial charge in [0.15, 0.2) is 5.82 Å². The first-order valence-corrected chi connectivity index (χ1v) is 8.78. The van der Waals surface area contributed by atoms with Crippen molar-refractivity contribution in [1.29, 1.82) is 0 Å². The van der Waals surface area contributed by atoms with Crippen molar-refractivity contribution in [3.05, 3.63) is 48.0 Å². The highest BCUT2D eigenvalue weighted by Gasteiger charge is 2.20. The van der Waals surface area contributed by atoms with E-state index in [1.807, 2.05) is 6.07 Å². The van der Waals surface area contributed by atoms with E-state index in [4.69, 9.17) is 11.6 Å². The average molecular weight is 371 g/mol. The van der Waals surface area contributed by atoms with E-state index in [-0.39, 0.29) is 0 Å². The van der Waals surface area contributed by atoms with Gasteiger partial charge in [-0.3, -0.25) is 0 Å². The summed E-state index contributed by atoms with van der Waals surface area (Å²) in [6.45, 7) is 2.02. The van der Waals surface area contributed by atoms with E-state index in [9.17, 15) is 0 Å². The van der Waals surface area contributed by atoms with Gasteiger partial charge in [0.25, 0.3) is 0 Å². The number of rotatable bonds is 5. The smallest absolute Gasteiger partial charge is 0.229 e. The zero-order valence-corrected chi connectivity index (χ0v) is 15.1. The molecule has 0 radical (unpaired) electrons. The monoisotopic (exact) mass is 370 g/mol. The van der Waals surface area contributed by atoms with Crippen LogP contribution in [-0.4, -0.2) is 50.9 Å². The van der Waals surface area contributed by atoms with Crippen LogP contribution in [0.1, 0.15) is 6.42 Å². The topological polar surface area (TPSA) is 83.8 Å². The summed E-state index contributed by atoms with van der Waals surface area (Å²) in [7, 11) is 2.06. The minimum Gasteiger partial charge on any atom is -0.355 e. The molecule has 0 spiro atoms. The molecule has 4 rings (SSSR count). The van der Waals surface area contributed by atoms with E-state index >= 15 is 0 Å². The lowest BCUT2D eigenvalue weighted by Crippen LogP contribution is -2.34. The summed E-state index contributed by atoms with van der Waals surface area (Å²) in [6, 6.07) is 5.93. The molecule has 0 amide bonds. The fourth-order valence-corrected chi connectivity index (χ4v) is 3.15. The highest BCUT2D eigenvalue weighted by atomic mass is 35.5. The van der Waals surface area contributed by atoms with Gasteiger partial charge in [-0.15, -0.1) is 0 Å². The molecule has 4 heterocycles. The second-order valence-corrected chi connectivity index (χ2v) is 6.51. The number of hydrogen-bond donors (Lipinski definition) is 2. The summed E-state index contributed by atoms with van der Waals surface area (Å²) < 4.78 is 1.62. The third kappa shape index (κ3) is 3.47. The second kappa shape index (κ2) is 7.27. The van der Waals surface area contributed by atoms with E-state index in [0.717, 1.165) is 31.0 Å². The molecule has 134 valence electrons. The van der Waals surface area contributed by atoms with Gasteiger partial charge < -0.3 is 15.5 Å². The Morgan fingerprint density at radius 1 is 1.31 bits per heavy atom. The maximum Gasteiger partial charge on any atom is 0.229 e. The number of aromatic nitrogens is 5. The Labute approximate surface area is 156 Å². The normalized spacial score (nSPS) is 16.6. The van der Waals surface area contributed by atoms with Gasteiger partial charge in [-0.2, -0.15) is 10.1 Å². The quantitative estimate of drug-likeness (QED) is 0.712. The van der Waals surface area contributed by atoms with Crippen LogP contribution < -0.4 is 15.5 Å². The van der Waals surface area contributed by atoms with E-state index in [1.54, 1.807) is 41.6 Å². The molecule has 2 N–H and O–H groups in total. The first-order chi connectivity index (χ1) is 12.7. The summed E-state index contributed by atoms with van der Waals surface area (Å²) in [6.07, 6.45) is 8.03. The molecule has 1 saturated heterocycles. The van der Waals surface area contributed by atoms with Crippen molar-refractivity contribution >= 4 is 29.1 Å². The maximum absolute atomic E-state index is 6.17. The molecule has 0 aliphatic carbocycles. The first kappa shape index (κ1) is 16.7. The zero-order chi connectivity index (χ0) is 17.9. The minimum atomic E-state index is 0.451. The Morgan fingerprint density at radius 2 is 2.23 bits per heavy atom. The van der Waals surface area contributed by atoms with Crippen LogP contribution in [0.4, 0.5) is 17.5 Å². The third-order valence-corrected chi connectivity index (χ3v) is 4.67. The lowest BCUT2D eigenvalue weighted by molar-refractivity contribution is 0.677. The summed E-state index contributed by atoms with van der Waals surface area (Å²) in [5.41, 5.74) is 0.758. The van der Waals surface area contributed by atoms with Gasteiger partial charge in [-0.1, -0.05) is 11.6 Å². The van der Waals surface area contributed by atoms with E-state index < -0.39 is 0 Å². The summed E-state index contributed by atoms with van der Waals surface area (Å²) in [4.78, 5) is 15.3. The summed E-state index contributed by atoms with van der Waals surface area (Å²) >= 11 is 6.17. The van der Waals surface area contributed by atoms with Gasteiger partial charge in [-0.05, 0) is 31.2 Å². The standard InChI is InChI=1S/C17H19ClN8/c1-25(13-4-7-19-10-13)15-5-8-21-17(24-15)23-12-9-22-26(11-12)16-14(18)3-2-6-20-16/h2-3,5-6,8-9,11,13,19H,4,7,10H2,1H3,(H,21,23,24). The van der Waals surface area contributed by atoms with Crippen LogP contribution in [0.25, 0.3) is 5.82 Å². The molecular weight excluding hydrogens is 352 g/mol. The fourth-order valence-electron chi connectivity index (χ4n) is 2.94. The van der Waals surface area contributed by atoms with Gasteiger partial charge in [0.05, 0.1) is 23.1 Å². The van der Waals surface area contributed by atoms with Crippen molar-refractivity contribution in [2.45, 2.75) is 12.5 Å². The lowest BCUT2D eigenvalue weighted by Gasteiger charge is -2.24. The van der Waals surface area contributed by atoms with Crippen LogP contribution in [0.3, 0.4) is 0 Å². The number of likely N-dealkylation sites (N-methyl/N-ethyl adjacent to an activating group) is 1.